The molecular weight excluding hydrogens is 256 g/mol. The smallest absolute Gasteiger partial charge is 0.266 e. The molecule has 0 atom stereocenters. The van der Waals surface area contributed by atoms with Crippen LogP contribution in [-0.2, 0) is 11.3 Å². The average Bonchev–Trinajstić information content (AvgIpc) is 2.33. The van der Waals surface area contributed by atoms with Crippen LogP contribution in [0.2, 0.25) is 5.28 Å². The summed E-state index contributed by atoms with van der Waals surface area (Å²) < 4.78 is 6.26. The Morgan fingerprint density at radius 1 is 1.50 bits per heavy atom. The lowest BCUT2D eigenvalue weighted by atomic mass is 10.2. The number of rotatable bonds is 3. The van der Waals surface area contributed by atoms with E-state index in [2.05, 4.69) is 4.98 Å². The molecule has 1 heterocycles. The molecule has 1 aromatic heterocycles. The summed E-state index contributed by atoms with van der Waals surface area (Å²) in [5.41, 5.74) is 0.0711. The van der Waals surface area contributed by atoms with Gasteiger partial charge in [0.05, 0.1) is 19.2 Å². The lowest BCUT2D eigenvalue weighted by molar-refractivity contribution is -0.117. The van der Waals surface area contributed by atoms with Gasteiger partial charge in [0, 0.05) is 0 Å². The van der Waals surface area contributed by atoms with Gasteiger partial charge in [-0.3, -0.25) is 14.2 Å². The summed E-state index contributed by atoms with van der Waals surface area (Å²) in [4.78, 5) is 27.5. The van der Waals surface area contributed by atoms with E-state index < -0.39 is 0 Å². The lowest BCUT2D eigenvalue weighted by Gasteiger charge is -2.09. The van der Waals surface area contributed by atoms with Crippen molar-refractivity contribution in [3.05, 3.63) is 33.8 Å². The van der Waals surface area contributed by atoms with E-state index in [0.717, 1.165) is 4.57 Å². The molecule has 0 aliphatic heterocycles. The van der Waals surface area contributed by atoms with Crippen LogP contribution < -0.4 is 10.3 Å². The van der Waals surface area contributed by atoms with Crippen molar-refractivity contribution in [3.63, 3.8) is 0 Å². The number of aromatic nitrogens is 2. The second kappa shape index (κ2) is 4.78. The van der Waals surface area contributed by atoms with Crippen molar-refractivity contribution in [2.24, 2.45) is 0 Å². The van der Waals surface area contributed by atoms with Gasteiger partial charge in [-0.1, -0.05) is 6.07 Å². The molecule has 0 N–H and O–H groups in total. The SMILES string of the molecule is COc1cccc2nc(Cl)n(CC(C)=O)c(=O)c12. The van der Waals surface area contributed by atoms with Crippen LogP contribution in [0.1, 0.15) is 6.92 Å². The van der Waals surface area contributed by atoms with Crippen molar-refractivity contribution < 1.29 is 9.53 Å². The van der Waals surface area contributed by atoms with E-state index in [1.54, 1.807) is 18.2 Å². The zero-order chi connectivity index (χ0) is 13.3. The fraction of sp³-hybridized carbons (Fsp3) is 0.250. The molecule has 0 saturated carbocycles. The predicted molar refractivity (Wildman–Crippen MR) is 68.2 cm³/mol. The van der Waals surface area contributed by atoms with Gasteiger partial charge >= 0.3 is 0 Å². The Balaban J connectivity index is 2.82. The van der Waals surface area contributed by atoms with Crippen molar-refractivity contribution in [1.82, 2.24) is 9.55 Å². The number of methoxy groups -OCH3 is 1. The molecule has 0 bridgehead atoms. The standard InChI is InChI=1S/C12H11ClN2O3/c1-7(16)6-15-11(17)10-8(14-12(15)13)4-3-5-9(10)18-2/h3-5H,6H2,1-2H3. The molecular formula is C12H11ClN2O3. The third-order valence-corrected chi connectivity index (χ3v) is 2.79. The third-order valence-electron chi connectivity index (χ3n) is 2.50. The zero-order valence-electron chi connectivity index (χ0n) is 9.94. The van der Waals surface area contributed by atoms with Crippen molar-refractivity contribution in [2.45, 2.75) is 13.5 Å². The lowest BCUT2D eigenvalue weighted by Crippen LogP contribution is -2.25. The molecule has 0 radical (unpaired) electrons. The summed E-state index contributed by atoms with van der Waals surface area (Å²) in [6.45, 7) is 1.29. The highest BCUT2D eigenvalue weighted by Gasteiger charge is 2.14. The van der Waals surface area contributed by atoms with Gasteiger partial charge in [-0.25, -0.2) is 4.98 Å². The Kier molecular flexibility index (Phi) is 3.34. The molecule has 18 heavy (non-hydrogen) atoms. The van der Waals surface area contributed by atoms with E-state index in [1.807, 2.05) is 0 Å². The molecule has 6 heteroatoms. The van der Waals surface area contributed by atoms with Crippen LogP contribution in [-0.4, -0.2) is 22.4 Å². The molecule has 5 nitrogen and oxygen atoms in total. The molecule has 0 amide bonds. The normalized spacial score (nSPS) is 10.6. The molecule has 2 rings (SSSR count). The third kappa shape index (κ3) is 2.09. The maximum Gasteiger partial charge on any atom is 0.266 e. The minimum absolute atomic E-state index is 0.00375. The molecule has 94 valence electrons. The number of carbonyl (C=O) groups is 1. The minimum atomic E-state index is -0.377. The first-order valence-corrected chi connectivity index (χ1v) is 5.65. The summed E-state index contributed by atoms with van der Waals surface area (Å²) >= 11 is 5.91. The van der Waals surface area contributed by atoms with Crippen molar-refractivity contribution in [1.29, 1.82) is 0 Å². The predicted octanol–water partition coefficient (Wildman–Crippen LogP) is 1.65. The van der Waals surface area contributed by atoms with Gasteiger partial charge in [-0.15, -0.1) is 0 Å². The van der Waals surface area contributed by atoms with Crippen LogP contribution in [0, 0.1) is 0 Å². The molecule has 1 aromatic carbocycles. The van der Waals surface area contributed by atoms with Gasteiger partial charge in [0.2, 0.25) is 5.28 Å². The fourth-order valence-electron chi connectivity index (χ4n) is 1.74. The number of ether oxygens (including phenoxy) is 1. The first kappa shape index (κ1) is 12.6. The van der Waals surface area contributed by atoms with Crippen LogP contribution >= 0.6 is 11.6 Å². The Labute approximate surface area is 108 Å². The van der Waals surface area contributed by atoms with Gasteiger partial charge in [-0.05, 0) is 30.7 Å². The van der Waals surface area contributed by atoms with Crippen molar-refractivity contribution in [3.8, 4) is 5.75 Å². The monoisotopic (exact) mass is 266 g/mol. The quantitative estimate of drug-likeness (QED) is 0.793. The highest BCUT2D eigenvalue weighted by atomic mass is 35.5. The summed E-state index contributed by atoms with van der Waals surface area (Å²) in [5.74, 6) is 0.244. The molecule has 0 aliphatic rings. The first-order chi connectivity index (χ1) is 8.54. The summed E-state index contributed by atoms with van der Waals surface area (Å²) in [5, 5.41) is 0.321. The molecule has 0 unspecified atom stereocenters. The number of Topliss-reactive ketones (excluding diaryl/α,β-unsaturated/α-hetero) is 1. The van der Waals surface area contributed by atoms with Crippen LogP contribution in [0.4, 0.5) is 0 Å². The Bertz CT molecular complexity index is 679. The second-order valence-electron chi connectivity index (χ2n) is 3.83. The van der Waals surface area contributed by atoms with Crippen LogP contribution in [0.15, 0.2) is 23.0 Å². The van der Waals surface area contributed by atoms with E-state index in [-0.39, 0.29) is 23.2 Å². The number of hydrogen-bond acceptors (Lipinski definition) is 4. The zero-order valence-corrected chi connectivity index (χ0v) is 10.7. The van der Waals surface area contributed by atoms with Gasteiger partial charge < -0.3 is 4.74 Å². The summed E-state index contributed by atoms with van der Waals surface area (Å²) in [6.07, 6.45) is 0. The van der Waals surface area contributed by atoms with Crippen molar-refractivity contribution >= 4 is 28.3 Å². The topological polar surface area (TPSA) is 61.2 Å². The largest absolute Gasteiger partial charge is 0.496 e. The maximum atomic E-state index is 12.3. The van der Waals surface area contributed by atoms with Crippen LogP contribution in [0.5, 0.6) is 5.75 Å². The first-order valence-electron chi connectivity index (χ1n) is 5.27. The van der Waals surface area contributed by atoms with E-state index in [1.165, 1.54) is 14.0 Å². The van der Waals surface area contributed by atoms with Gasteiger partial charge in [0.1, 0.15) is 16.9 Å². The van der Waals surface area contributed by atoms with Crippen molar-refractivity contribution in [2.75, 3.05) is 7.11 Å². The fourth-order valence-corrected chi connectivity index (χ4v) is 1.96. The summed E-state index contributed by atoms with van der Waals surface area (Å²) in [6, 6.07) is 5.06. The number of ketones is 1. The van der Waals surface area contributed by atoms with Crippen LogP contribution in [0.25, 0.3) is 10.9 Å². The van der Waals surface area contributed by atoms with Gasteiger partial charge in [-0.2, -0.15) is 0 Å². The Morgan fingerprint density at radius 3 is 2.83 bits per heavy atom. The highest BCUT2D eigenvalue weighted by Crippen LogP contribution is 2.21. The molecule has 2 aromatic rings. The molecule has 0 saturated heterocycles. The number of nitrogens with zero attached hydrogens (tertiary/aromatic N) is 2. The molecule has 0 fully saturated rings. The number of fused-ring (bicyclic) bond motifs is 1. The van der Waals surface area contributed by atoms with Gasteiger partial charge in [0.25, 0.3) is 5.56 Å². The summed E-state index contributed by atoms with van der Waals surface area (Å²) in [7, 11) is 1.47. The van der Waals surface area contributed by atoms with E-state index in [9.17, 15) is 9.59 Å². The van der Waals surface area contributed by atoms with E-state index in [4.69, 9.17) is 16.3 Å². The van der Waals surface area contributed by atoms with Crippen LogP contribution in [0.3, 0.4) is 0 Å². The number of benzene rings is 1. The number of carbonyl (C=O) groups excluding carboxylic acids is 1. The van der Waals surface area contributed by atoms with Gasteiger partial charge in [0.15, 0.2) is 0 Å². The van der Waals surface area contributed by atoms with E-state index >= 15 is 0 Å². The maximum absolute atomic E-state index is 12.3. The molecule has 0 spiro atoms. The number of halogens is 1. The average molecular weight is 267 g/mol. The minimum Gasteiger partial charge on any atom is -0.496 e. The molecule has 0 aliphatic carbocycles. The Morgan fingerprint density at radius 2 is 2.22 bits per heavy atom. The highest BCUT2D eigenvalue weighted by molar-refractivity contribution is 6.28. The Hall–Kier alpha value is -1.88. The number of hydrogen-bond donors (Lipinski definition) is 0. The van der Waals surface area contributed by atoms with E-state index in [0.29, 0.717) is 16.7 Å². The second-order valence-corrected chi connectivity index (χ2v) is 4.17.